The molecule has 0 unspecified atom stereocenters. The number of amides is 2. The van der Waals surface area contributed by atoms with Gasteiger partial charge in [0.1, 0.15) is 5.65 Å². The van der Waals surface area contributed by atoms with Crippen LogP contribution in [-0.4, -0.2) is 57.8 Å². The Balaban J connectivity index is 1.42. The van der Waals surface area contributed by atoms with E-state index in [1.807, 2.05) is 41.6 Å². The fraction of sp³-hybridized carbons (Fsp3) is 0.464. The van der Waals surface area contributed by atoms with Crippen LogP contribution < -0.4 is 0 Å². The molecule has 1 aromatic carbocycles. The van der Waals surface area contributed by atoms with Crippen molar-refractivity contribution in [2.45, 2.75) is 50.9 Å². The maximum atomic E-state index is 14.2. The van der Waals surface area contributed by atoms with Gasteiger partial charge in [0.25, 0.3) is 0 Å². The van der Waals surface area contributed by atoms with Crippen molar-refractivity contribution < 1.29 is 9.59 Å². The molecule has 2 amide bonds. The molecule has 1 saturated carbocycles. The molecular weight excluding hydrogens is 424 g/mol. The number of nitrogens with one attached hydrogen (secondary N) is 1. The number of hydrogen-bond donors (Lipinski definition) is 1. The zero-order valence-corrected chi connectivity index (χ0v) is 20.0. The zero-order valence-electron chi connectivity index (χ0n) is 20.0. The van der Waals surface area contributed by atoms with Crippen LogP contribution in [0.25, 0.3) is 11.0 Å². The Labute approximate surface area is 201 Å². The zero-order chi connectivity index (χ0) is 23.5. The van der Waals surface area contributed by atoms with Gasteiger partial charge in [0, 0.05) is 50.9 Å². The summed E-state index contributed by atoms with van der Waals surface area (Å²) in [7, 11) is 0. The standard InChI is InChI=1S/C28H34N4O2/c1-21(33)31-14-15-32(20-23(19-31)16-22-17-24-10-13-29-26(24)30-18-22)27(34)28(11-6-3-7-12-28)25-8-4-2-5-9-25/h2,4-5,8-10,13,17-18,23H,3,6-7,11-12,14-16,19-20H2,1H3,(H,29,30)/t23-/m0/s1. The van der Waals surface area contributed by atoms with E-state index in [0.717, 1.165) is 54.3 Å². The summed E-state index contributed by atoms with van der Waals surface area (Å²) in [5, 5.41) is 1.09. The molecule has 3 aromatic rings. The minimum absolute atomic E-state index is 0.0777. The van der Waals surface area contributed by atoms with E-state index in [4.69, 9.17) is 0 Å². The van der Waals surface area contributed by atoms with E-state index >= 15 is 0 Å². The second-order valence-electron chi connectivity index (χ2n) is 10.1. The molecule has 1 aliphatic heterocycles. The summed E-state index contributed by atoms with van der Waals surface area (Å²) in [6, 6.07) is 14.6. The number of nitrogens with zero attached hydrogens (tertiary/aromatic N) is 3. The Morgan fingerprint density at radius 1 is 1.03 bits per heavy atom. The van der Waals surface area contributed by atoms with Gasteiger partial charge in [-0.1, -0.05) is 49.6 Å². The topological polar surface area (TPSA) is 69.3 Å². The van der Waals surface area contributed by atoms with Crippen LogP contribution in [0, 0.1) is 5.92 Å². The van der Waals surface area contributed by atoms with Crippen molar-refractivity contribution in [3.05, 3.63) is 66.0 Å². The average molecular weight is 459 g/mol. The van der Waals surface area contributed by atoms with Crippen molar-refractivity contribution >= 4 is 22.8 Å². The molecule has 6 nitrogen and oxygen atoms in total. The highest BCUT2D eigenvalue weighted by Gasteiger charge is 2.44. The fourth-order valence-electron chi connectivity index (χ4n) is 5.98. The van der Waals surface area contributed by atoms with Gasteiger partial charge in [-0.15, -0.1) is 0 Å². The number of hydrogen-bond acceptors (Lipinski definition) is 3. The van der Waals surface area contributed by atoms with Crippen LogP contribution in [0.2, 0.25) is 0 Å². The number of H-pyrrole nitrogens is 1. The van der Waals surface area contributed by atoms with Crippen molar-refractivity contribution in [2.24, 2.45) is 5.92 Å². The molecular formula is C28H34N4O2. The molecule has 0 spiro atoms. The quantitative estimate of drug-likeness (QED) is 0.633. The van der Waals surface area contributed by atoms with Gasteiger partial charge in [-0.3, -0.25) is 9.59 Å². The molecule has 6 heteroatoms. The van der Waals surface area contributed by atoms with Crippen molar-refractivity contribution in [2.75, 3.05) is 26.2 Å². The molecule has 1 aliphatic carbocycles. The molecule has 1 N–H and O–H groups in total. The first-order valence-corrected chi connectivity index (χ1v) is 12.6. The Bertz CT molecular complexity index is 1150. The number of rotatable bonds is 4. The predicted molar refractivity (Wildman–Crippen MR) is 133 cm³/mol. The van der Waals surface area contributed by atoms with E-state index in [0.29, 0.717) is 26.2 Å². The Kier molecular flexibility index (Phi) is 6.40. The Hall–Kier alpha value is -3.15. The largest absolute Gasteiger partial charge is 0.346 e. The summed E-state index contributed by atoms with van der Waals surface area (Å²) < 4.78 is 0. The molecule has 1 atom stereocenters. The number of aromatic nitrogens is 2. The number of fused-ring (bicyclic) bond motifs is 1. The molecule has 0 radical (unpaired) electrons. The third-order valence-electron chi connectivity index (χ3n) is 7.75. The second-order valence-corrected chi connectivity index (χ2v) is 10.1. The molecule has 3 heterocycles. The SMILES string of the molecule is CC(=O)N1CCN(C(=O)C2(c3ccccc3)CCCCC2)C[C@@H](Cc2cnc3[nH]ccc3c2)C1. The van der Waals surface area contributed by atoms with Crippen molar-refractivity contribution in [3.8, 4) is 0 Å². The summed E-state index contributed by atoms with van der Waals surface area (Å²) in [5.74, 6) is 0.493. The highest BCUT2D eigenvalue weighted by molar-refractivity contribution is 5.88. The van der Waals surface area contributed by atoms with Crippen LogP contribution in [0.3, 0.4) is 0 Å². The Morgan fingerprint density at radius 3 is 2.53 bits per heavy atom. The van der Waals surface area contributed by atoms with Gasteiger partial charge in [0.2, 0.25) is 11.8 Å². The summed E-state index contributed by atoms with van der Waals surface area (Å²) in [6.07, 6.45) is 9.78. The summed E-state index contributed by atoms with van der Waals surface area (Å²) in [6.45, 7) is 4.16. The van der Waals surface area contributed by atoms with Gasteiger partial charge in [-0.05, 0) is 48.4 Å². The van der Waals surface area contributed by atoms with E-state index < -0.39 is 5.41 Å². The van der Waals surface area contributed by atoms with Crippen LogP contribution in [0.1, 0.15) is 50.2 Å². The van der Waals surface area contributed by atoms with Gasteiger partial charge in [0.15, 0.2) is 0 Å². The normalized spacial score (nSPS) is 20.8. The predicted octanol–water partition coefficient (Wildman–Crippen LogP) is 4.31. The van der Waals surface area contributed by atoms with Crippen LogP contribution in [0.5, 0.6) is 0 Å². The maximum Gasteiger partial charge on any atom is 0.233 e. The molecule has 1 saturated heterocycles. The monoisotopic (exact) mass is 458 g/mol. The number of benzene rings is 1. The summed E-state index contributed by atoms with van der Waals surface area (Å²) in [4.78, 5) is 38.3. The van der Waals surface area contributed by atoms with E-state index in [1.54, 1.807) is 6.92 Å². The van der Waals surface area contributed by atoms with E-state index in [-0.39, 0.29) is 17.7 Å². The lowest BCUT2D eigenvalue weighted by atomic mass is 9.68. The maximum absolute atomic E-state index is 14.2. The highest BCUT2D eigenvalue weighted by atomic mass is 16.2. The highest BCUT2D eigenvalue weighted by Crippen LogP contribution is 2.41. The second kappa shape index (κ2) is 9.61. The lowest BCUT2D eigenvalue weighted by molar-refractivity contribution is -0.139. The molecule has 34 heavy (non-hydrogen) atoms. The van der Waals surface area contributed by atoms with Gasteiger partial charge >= 0.3 is 0 Å². The lowest BCUT2D eigenvalue weighted by Crippen LogP contribution is -2.50. The van der Waals surface area contributed by atoms with Gasteiger partial charge < -0.3 is 14.8 Å². The number of carbonyl (C=O) groups is 2. The first kappa shape index (κ1) is 22.6. The van der Waals surface area contributed by atoms with Crippen molar-refractivity contribution in [3.63, 3.8) is 0 Å². The average Bonchev–Trinajstić information content (AvgIpc) is 3.23. The number of carbonyl (C=O) groups excluding carboxylic acids is 2. The number of aromatic amines is 1. The molecule has 2 aliphatic rings. The summed E-state index contributed by atoms with van der Waals surface area (Å²) >= 11 is 0. The first-order valence-electron chi connectivity index (χ1n) is 12.6. The van der Waals surface area contributed by atoms with Gasteiger partial charge in [-0.25, -0.2) is 4.98 Å². The smallest absolute Gasteiger partial charge is 0.233 e. The Morgan fingerprint density at radius 2 is 1.76 bits per heavy atom. The third kappa shape index (κ3) is 4.46. The van der Waals surface area contributed by atoms with Crippen LogP contribution in [-0.2, 0) is 21.4 Å². The van der Waals surface area contributed by atoms with Crippen LogP contribution in [0.4, 0.5) is 0 Å². The van der Waals surface area contributed by atoms with E-state index in [9.17, 15) is 9.59 Å². The van der Waals surface area contributed by atoms with Crippen LogP contribution in [0.15, 0.2) is 54.9 Å². The lowest BCUT2D eigenvalue weighted by Gasteiger charge is -2.40. The minimum atomic E-state index is -0.443. The molecule has 5 rings (SSSR count). The minimum Gasteiger partial charge on any atom is -0.346 e. The number of pyridine rings is 1. The van der Waals surface area contributed by atoms with E-state index in [1.165, 1.54) is 6.42 Å². The van der Waals surface area contributed by atoms with Gasteiger partial charge in [-0.2, -0.15) is 0 Å². The van der Waals surface area contributed by atoms with Gasteiger partial charge in [0.05, 0.1) is 5.41 Å². The van der Waals surface area contributed by atoms with Crippen molar-refractivity contribution in [1.82, 2.24) is 19.8 Å². The van der Waals surface area contributed by atoms with Crippen molar-refractivity contribution in [1.29, 1.82) is 0 Å². The molecule has 2 aromatic heterocycles. The van der Waals surface area contributed by atoms with Crippen LogP contribution >= 0.6 is 0 Å². The molecule has 0 bridgehead atoms. The van der Waals surface area contributed by atoms with E-state index in [2.05, 4.69) is 33.1 Å². The fourth-order valence-corrected chi connectivity index (χ4v) is 5.98. The summed E-state index contributed by atoms with van der Waals surface area (Å²) in [5.41, 5.74) is 2.73. The molecule has 2 fully saturated rings. The third-order valence-corrected chi connectivity index (χ3v) is 7.75. The first-order chi connectivity index (χ1) is 16.5. The molecule has 178 valence electrons.